The molecule has 0 radical (unpaired) electrons. The Morgan fingerprint density at radius 1 is 1.31 bits per heavy atom. The maximum Gasteiger partial charge on any atom is 0.240 e. The smallest absolute Gasteiger partial charge is 0.240 e. The molecule has 0 spiro atoms. The summed E-state index contributed by atoms with van der Waals surface area (Å²) in [6, 6.07) is 10.2. The zero-order chi connectivity index (χ0) is 11.2. The van der Waals surface area contributed by atoms with Crippen molar-refractivity contribution >= 4 is 11.8 Å². The van der Waals surface area contributed by atoms with Gasteiger partial charge in [0.1, 0.15) is 0 Å². The minimum atomic E-state index is 0.614. The van der Waals surface area contributed by atoms with Gasteiger partial charge in [-0.15, -0.1) is 11.8 Å². The van der Waals surface area contributed by atoms with Crippen LogP contribution < -0.4 is 5.32 Å². The number of hydrogen-bond acceptors (Lipinski definition) is 5. The van der Waals surface area contributed by atoms with Crippen LogP contribution in [0.4, 0.5) is 0 Å². The van der Waals surface area contributed by atoms with Crippen molar-refractivity contribution in [1.82, 2.24) is 15.5 Å². The monoisotopic (exact) mass is 235 g/mol. The summed E-state index contributed by atoms with van der Waals surface area (Å²) in [5, 5.41) is 6.87. The van der Waals surface area contributed by atoms with Gasteiger partial charge < -0.3 is 9.84 Å². The van der Waals surface area contributed by atoms with E-state index < -0.39 is 0 Å². The summed E-state index contributed by atoms with van der Waals surface area (Å²) in [6.45, 7) is 0.614. The second-order valence-electron chi connectivity index (χ2n) is 3.24. The van der Waals surface area contributed by atoms with Gasteiger partial charge in [0.2, 0.25) is 5.89 Å². The van der Waals surface area contributed by atoms with Crippen LogP contribution in [0.2, 0.25) is 0 Å². The second-order valence-corrected chi connectivity index (χ2v) is 4.29. The molecule has 2 rings (SSSR count). The molecule has 1 N–H and O–H groups in total. The fourth-order valence-corrected chi connectivity index (χ4v) is 2.00. The molecular weight excluding hydrogens is 222 g/mol. The number of rotatable bonds is 5. The molecule has 0 saturated heterocycles. The largest absolute Gasteiger partial charge is 0.338 e. The molecule has 1 aromatic carbocycles. The van der Waals surface area contributed by atoms with E-state index in [1.54, 1.807) is 11.8 Å². The van der Waals surface area contributed by atoms with Gasteiger partial charge in [-0.05, 0) is 19.2 Å². The van der Waals surface area contributed by atoms with E-state index in [0.717, 1.165) is 11.6 Å². The first kappa shape index (κ1) is 11.2. The fourth-order valence-electron chi connectivity index (χ4n) is 1.24. The van der Waals surface area contributed by atoms with E-state index in [-0.39, 0.29) is 0 Å². The molecule has 84 valence electrons. The van der Waals surface area contributed by atoms with Crippen LogP contribution in [0.15, 0.2) is 39.8 Å². The van der Waals surface area contributed by atoms with Gasteiger partial charge in [-0.3, -0.25) is 0 Å². The first-order valence-electron chi connectivity index (χ1n) is 5.02. The molecule has 0 aliphatic rings. The lowest BCUT2D eigenvalue weighted by Gasteiger charge is -1.96. The summed E-state index contributed by atoms with van der Waals surface area (Å²) in [4.78, 5) is 5.46. The van der Waals surface area contributed by atoms with Crippen molar-refractivity contribution in [3.8, 4) is 0 Å². The van der Waals surface area contributed by atoms with Gasteiger partial charge in [-0.2, -0.15) is 4.98 Å². The third kappa shape index (κ3) is 3.08. The van der Waals surface area contributed by atoms with Crippen LogP contribution in [-0.4, -0.2) is 17.2 Å². The highest BCUT2D eigenvalue weighted by Gasteiger charge is 2.05. The molecule has 0 unspecified atom stereocenters. The van der Waals surface area contributed by atoms with Crippen LogP contribution in [0.25, 0.3) is 0 Å². The average molecular weight is 235 g/mol. The Kier molecular flexibility index (Phi) is 3.96. The van der Waals surface area contributed by atoms with E-state index in [1.807, 2.05) is 25.2 Å². The van der Waals surface area contributed by atoms with E-state index in [1.165, 1.54) is 4.90 Å². The number of nitrogens with zero attached hydrogens (tertiary/aromatic N) is 2. The molecule has 1 heterocycles. The number of aromatic nitrogens is 2. The predicted molar refractivity (Wildman–Crippen MR) is 63.1 cm³/mol. The van der Waals surface area contributed by atoms with Gasteiger partial charge in [0.15, 0.2) is 5.82 Å². The third-order valence-electron chi connectivity index (χ3n) is 1.95. The molecule has 16 heavy (non-hydrogen) atoms. The molecule has 0 fully saturated rings. The van der Waals surface area contributed by atoms with Crippen LogP contribution in [0.5, 0.6) is 0 Å². The zero-order valence-corrected chi connectivity index (χ0v) is 9.83. The van der Waals surface area contributed by atoms with Gasteiger partial charge in [0.05, 0.1) is 12.3 Å². The highest BCUT2D eigenvalue weighted by molar-refractivity contribution is 7.98. The molecule has 0 atom stereocenters. The Labute approximate surface area is 98.4 Å². The SMILES string of the molecule is CNCc1nc(CSc2ccccc2)no1. The quantitative estimate of drug-likeness (QED) is 0.804. The summed E-state index contributed by atoms with van der Waals surface area (Å²) >= 11 is 1.70. The van der Waals surface area contributed by atoms with Crippen molar-refractivity contribution in [1.29, 1.82) is 0 Å². The molecule has 4 nitrogen and oxygen atoms in total. The van der Waals surface area contributed by atoms with E-state index in [0.29, 0.717) is 12.4 Å². The Bertz CT molecular complexity index is 430. The molecule has 5 heteroatoms. The minimum absolute atomic E-state index is 0.614. The molecule has 0 aliphatic carbocycles. The average Bonchev–Trinajstić information content (AvgIpc) is 2.76. The van der Waals surface area contributed by atoms with Crippen LogP contribution in [0.1, 0.15) is 11.7 Å². The lowest BCUT2D eigenvalue weighted by Crippen LogP contribution is -2.05. The van der Waals surface area contributed by atoms with Gasteiger partial charge in [-0.25, -0.2) is 0 Å². The molecular formula is C11H13N3OS. The Hall–Kier alpha value is -1.33. The van der Waals surface area contributed by atoms with Crippen LogP contribution in [0.3, 0.4) is 0 Å². The molecule has 0 bridgehead atoms. The predicted octanol–water partition coefficient (Wildman–Crippen LogP) is 2.08. The van der Waals surface area contributed by atoms with Gasteiger partial charge in [-0.1, -0.05) is 23.4 Å². The fraction of sp³-hybridized carbons (Fsp3) is 0.273. The van der Waals surface area contributed by atoms with Crippen molar-refractivity contribution in [3.05, 3.63) is 42.0 Å². The van der Waals surface area contributed by atoms with Crippen molar-refractivity contribution in [3.63, 3.8) is 0 Å². The first-order chi connectivity index (χ1) is 7.88. The zero-order valence-electron chi connectivity index (χ0n) is 9.01. The van der Waals surface area contributed by atoms with E-state index in [9.17, 15) is 0 Å². The summed E-state index contributed by atoms with van der Waals surface area (Å²) in [7, 11) is 1.85. The van der Waals surface area contributed by atoms with Crippen molar-refractivity contribution in [2.75, 3.05) is 7.05 Å². The number of benzene rings is 1. The summed E-state index contributed by atoms with van der Waals surface area (Å²) in [6.07, 6.45) is 0. The first-order valence-corrected chi connectivity index (χ1v) is 6.01. The van der Waals surface area contributed by atoms with Crippen molar-refractivity contribution in [2.45, 2.75) is 17.2 Å². The van der Waals surface area contributed by atoms with Gasteiger partial charge >= 0.3 is 0 Å². The van der Waals surface area contributed by atoms with E-state index >= 15 is 0 Å². The number of hydrogen-bond donors (Lipinski definition) is 1. The Morgan fingerprint density at radius 3 is 2.88 bits per heavy atom. The number of nitrogens with one attached hydrogen (secondary N) is 1. The summed E-state index contributed by atoms with van der Waals surface area (Å²) in [5.74, 6) is 2.10. The third-order valence-corrected chi connectivity index (χ3v) is 2.96. The Morgan fingerprint density at radius 2 is 2.12 bits per heavy atom. The lowest BCUT2D eigenvalue weighted by atomic mass is 10.4. The molecule has 0 saturated carbocycles. The topological polar surface area (TPSA) is 51.0 Å². The maximum absolute atomic E-state index is 5.06. The summed E-state index contributed by atoms with van der Waals surface area (Å²) < 4.78 is 5.06. The van der Waals surface area contributed by atoms with Crippen LogP contribution in [-0.2, 0) is 12.3 Å². The normalized spacial score (nSPS) is 10.6. The van der Waals surface area contributed by atoms with Crippen LogP contribution in [0, 0.1) is 0 Å². The summed E-state index contributed by atoms with van der Waals surface area (Å²) in [5.41, 5.74) is 0. The van der Waals surface area contributed by atoms with Crippen molar-refractivity contribution < 1.29 is 4.52 Å². The molecule has 0 amide bonds. The van der Waals surface area contributed by atoms with Gasteiger partial charge in [0.25, 0.3) is 0 Å². The molecule has 1 aromatic heterocycles. The standard InChI is InChI=1S/C11H13N3OS/c1-12-7-11-13-10(14-15-11)8-16-9-5-3-2-4-6-9/h2-6,12H,7-8H2,1H3. The van der Waals surface area contributed by atoms with Crippen LogP contribution >= 0.6 is 11.8 Å². The van der Waals surface area contributed by atoms with E-state index in [4.69, 9.17) is 4.52 Å². The van der Waals surface area contributed by atoms with Gasteiger partial charge in [0, 0.05) is 4.90 Å². The lowest BCUT2D eigenvalue weighted by molar-refractivity contribution is 0.368. The second kappa shape index (κ2) is 5.67. The molecule has 2 aromatic rings. The molecule has 0 aliphatic heterocycles. The minimum Gasteiger partial charge on any atom is -0.338 e. The highest BCUT2D eigenvalue weighted by Crippen LogP contribution is 2.20. The number of thioether (sulfide) groups is 1. The maximum atomic E-state index is 5.06. The Balaban J connectivity index is 1.89. The van der Waals surface area contributed by atoms with Crippen molar-refractivity contribution in [2.24, 2.45) is 0 Å². The highest BCUT2D eigenvalue weighted by atomic mass is 32.2. The van der Waals surface area contributed by atoms with E-state index in [2.05, 4.69) is 27.6 Å².